The Bertz CT molecular complexity index is 822. The molecule has 130 valence electrons. The average Bonchev–Trinajstić information content (AvgIpc) is 3.02. The minimum Gasteiger partial charge on any atom is -0.469 e. The molecule has 0 radical (unpaired) electrons. The molecule has 0 atom stereocenters. The van der Waals surface area contributed by atoms with Gasteiger partial charge in [-0.1, -0.05) is 31.2 Å². The van der Waals surface area contributed by atoms with Gasteiger partial charge in [0, 0.05) is 23.6 Å². The van der Waals surface area contributed by atoms with E-state index in [1.165, 1.54) is 25.3 Å². The highest BCUT2D eigenvalue weighted by molar-refractivity contribution is 6.18. The number of nitro benzene ring substituents is 1. The van der Waals surface area contributed by atoms with Crippen molar-refractivity contribution in [1.29, 1.82) is 0 Å². The SMILES string of the molecule is CCC(=O)OC.Nc1cccc([N+](=O)[O-])c1C(=O)Nc1c2cccc1-2. The Kier molecular flexibility index (Phi) is 5.33. The van der Waals surface area contributed by atoms with Crippen molar-refractivity contribution in [2.24, 2.45) is 0 Å². The number of carbonyl (C=O) groups excluding carboxylic acids is 2. The van der Waals surface area contributed by atoms with Gasteiger partial charge in [0.1, 0.15) is 5.56 Å². The smallest absolute Gasteiger partial charge is 0.305 e. The topological polar surface area (TPSA) is 125 Å². The van der Waals surface area contributed by atoms with Crippen LogP contribution in [0, 0.1) is 10.1 Å². The third-order valence-electron chi connectivity index (χ3n) is 3.55. The van der Waals surface area contributed by atoms with Crippen molar-refractivity contribution in [1.82, 2.24) is 0 Å². The Morgan fingerprint density at radius 3 is 2.28 bits per heavy atom. The van der Waals surface area contributed by atoms with E-state index < -0.39 is 10.8 Å². The van der Waals surface area contributed by atoms with Gasteiger partial charge in [0.15, 0.2) is 0 Å². The Labute approximate surface area is 143 Å². The number of ether oxygens (including phenoxy) is 1. The summed E-state index contributed by atoms with van der Waals surface area (Å²) in [4.78, 5) is 32.3. The summed E-state index contributed by atoms with van der Waals surface area (Å²) in [7, 11) is 1.38. The van der Waals surface area contributed by atoms with Gasteiger partial charge in [0.05, 0.1) is 23.4 Å². The monoisotopic (exact) mass is 343 g/mol. The zero-order chi connectivity index (χ0) is 18.6. The summed E-state index contributed by atoms with van der Waals surface area (Å²) in [5.41, 5.74) is 8.00. The van der Waals surface area contributed by atoms with Gasteiger partial charge in [-0.3, -0.25) is 19.7 Å². The molecular formula is C17H17N3O5. The van der Waals surface area contributed by atoms with E-state index in [4.69, 9.17) is 5.73 Å². The first kappa shape index (κ1) is 17.9. The van der Waals surface area contributed by atoms with Crippen LogP contribution in [0.5, 0.6) is 0 Å². The fourth-order valence-corrected chi connectivity index (χ4v) is 2.22. The normalized spacial score (nSPS) is 10.2. The highest BCUT2D eigenvalue weighted by Gasteiger charge is 2.29. The second kappa shape index (κ2) is 7.43. The van der Waals surface area contributed by atoms with Crippen LogP contribution in [-0.4, -0.2) is 23.9 Å². The first-order valence-corrected chi connectivity index (χ1v) is 7.45. The zero-order valence-corrected chi connectivity index (χ0v) is 13.7. The number of benzene rings is 2. The first-order chi connectivity index (χ1) is 11.9. The molecule has 0 aliphatic heterocycles. The van der Waals surface area contributed by atoms with Crippen LogP contribution < -0.4 is 11.1 Å². The van der Waals surface area contributed by atoms with E-state index in [0.717, 1.165) is 11.1 Å². The lowest BCUT2D eigenvalue weighted by molar-refractivity contribution is -0.385. The van der Waals surface area contributed by atoms with Crippen LogP contribution in [0.25, 0.3) is 11.1 Å². The van der Waals surface area contributed by atoms with Gasteiger partial charge in [-0.2, -0.15) is 0 Å². The number of nitrogen functional groups attached to an aromatic ring is 1. The van der Waals surface area contributed by atoms with Crippen molar-refractivity contribution in [3.05, 3.63) is 52.1 Å². The average molecular weight is 343 g/mol. The van der Waals surface area contributed by atoms with E-state index in [-0.39, 0.29) is 22.9 Å². The number of para-hydroxylation sites is 1. The van der Waals surface area contributed by atoms with Gasteiger partial charge in [0.2, 0.25) is 0 Å². The quantitative estimate of drug-likeness (QED) is 0.325. The van der Waals surface area contributed by atoms with Gasteiger partial charge in [-0.05, 0) is 6.07 Å². The lowest BCUT2D eigenvalue weighted by Gasteiger charge is -2.05. The van der Waals surface area contributed by atoms with Gasteiger partial charge < -0.3 is 15.8 Å². The second-order valence-corrected chi connectivity index (χ2v) is 5.11. The Hall–Kier alpha value is -3.42. The van der Waals surface area contributed by atoms with Crippen LogP contribution in [-0.2, 0) is 9.53 Å². The van der Waals surface area contributed by atoms with E-state index in [1.807, 2.05) is 18.2 Å². The maximum Gasteiger partial charge on any atom is 0.305 e. The first-order valence-electron chi connectivity index (χ1n) is 7.45. The molecule has 3 rings (SSSR count). The summed E-state index contributed by atoms with van der Waals surface area (Å²) < 4.78 is 4.26. The molecule has 0 heterocycles. The van der Waals surface area contributed by atoms with Crippen molar-refractivity contribution < 1.29 is 19.2 Å². The molecule has 0 aromatic heterocycles. The maximum atomic E-state index is 12.1. The van der Waals surface area contributed by atoms with Gasteiger partial charge in [-0.15, -0.1) is 0 Å². The molecule has 2 aliphatic carbocycles. The molecule has 8 heteroatoms. The predicted octanol–water partition coefficient (Wildman–Crippen LogP) is 2.98. The van der Waals surface area contributed by atoms with E-state index in [1.54, 1.807) is 6.92 Å². The molecular weight excluding hydrogens is 326 g/mol. The molecule has 1 aromatic rings. The van der Waals surface area contributed by atoms with Crippen molar-refractivity contribution in [2.45, 2.75) is 13.3 Å². The molecule has 0 unspecified atom stereocenters. The highest BCUT2D eigenvalue weighted by Crippen LogP contribution is 2.49. The number of nitrogens with two attached hydrogens (primary N) is 1. The van der Waals surface area contributed by atoms with Crippen molar-refractivity contribution in [3.63, 3.8) is 0 Å². The molecule has 0 saturated heterocycles. The van der Waals surface area contributed by atoms with Crippen molar-refractivity contribution in [3.8, 4) is 11.1 Å². The molecule has 0 fully saturated rings. The van der Waals surface area contributed by atoms with Crippen LogP contribution in [0.2, 0.25) is 0 Å². The third-order valence-corrected chi connectivity index (χ3v) is 3.55. The second-order valence-electron chi connectivity index (χ2n) is 5.11. The summed E-state index contributed by atoms with van der Waals surface area (Å²) in [6.45, 7) is 1.76. The molecule has 1 aromatic carbocycles. The van der Waals surface area contributed by atoms with Crippen LogP contribution in [0.15, 0.2) is 36.4 Å². The molecule has 0 bridgehead atoms. The number of hydrogen-bond acceptors (Lipinski definition) is 6. The number of hydrogen-bond donors (Lipinski definition) is 2. The molecule has 1 amide bonds. The van der Waals surface area contributed by atoms with E-state index in [0.29, 0.717) is 12.1 Å². The molecule has 3 N–H and O–H groups in total. The number of carbonyl (C=O) groups is 2. The lowest BCUT2D eigenvalue weighted by atomic mass is 10.1. The summed E-state index contributed by atoms with van der Waals surface area (Å²) in [6, 6.07) is 9.78. The van der Waals surface area contributed by atoms with Gasteiger partial charge in [0.25, 0.3) is 11.6 Å². The fraction of sp³-hybridized carbons (Fsp3) is 0.176. The van der Waals surface area contributed by atoms with Crippen LogP contribution >= 0.6 is 0 Å². The number of fused-ring (bicyclic) bond motifs is 1. The summed E-state index contributed by atoms with van der Waals surface area (Å²) >= 11 is 0. The Morgan fingerprint density at radius 2 is 1.80 bits per heavy atom. The van der Waals surface area contributed by atoms with Crippen molar-refractivity contribution in [2.75, 3.05) is 18.2 Å². The summed E-state index contributed by atoms with van der Waals surface area (Å²) in [5.74, 6) is -0.717. The zero-order valence-electron chi connectivity index (χ0n) is 13.7. The minimum absolute atomic E-state index is 0.0904. The highest BCUT2D eigenvalue weighted by atomic mass is 16.6. The molecule has 25 heavy (non-hydrogen) atoms. The molecule has 8 nitrogen and oxygen atoms in total. The van der Waals surface area contributed by atoms with Crippen LogP contribution in [0.4, 0.5) is 17.1 Å². The summed E-state index contributed by atoms with van der Waals surface area (Å²) in [6.07, 6.45) is 0.469. The maximum absolute atomic E-state index is 12.1. The number of rotatable bonds is 4. The number of methoxy groups -OCH3 is 1. The number of nitrogens with zero attached hydrogens (tertiary/aromatic N) is 1. The van der Waals surface area contributed by atoms with Crippen LogP contribution in [0.1, 0.15) is 23.7 Å². The predicted molar refractivity (Wildman–Crippen MR) is 93.2 cm³/mol. The standard InChI is InChI=1S/C13H9N3O3.C4H8O2/c14-9-5-2-6-10(16(18)19)11(9)13(17)15-12-7-3-1-4-8(7)12;1-3-4(5)6-2/h1-6H,14H2,(H,15,17);3H2,1-2H3. The van der Waals surface area contributed by atoms with Gasteiger partial charge in [-0.25, -0.2) is 0 Å². The number of nitro groups is 1. The molecule has 0 saturated carbocycles. The summed E-state index contributed by atoms with van der Waals surface area (Å²) in [5, 5.41) is 13.6. The number of anilines is 2. The lowest BCUT2D eigenvalue weighted by Crippen LogP contribution is -2.14. The number of nitrogens with one attached hydrogen (secondary N) is 1. The molecule has 0 spiro atoms. The largest absolute Gasteiger partial charge is 0.469 e. The van der Waals surface area contributed by atoms with E-state index in [9.17, 15) is 19.7 Å². The van der Waals surface area contributed by atoms with Crippen molar-refractivity contribution >= 4 is 28.9 Å². The minimum atomic E-state index is -0.615. The Balaban J connectivity index is 0.000000326. The number of amides is 1. The van der Waals surface area contributed by atoms with Crippen LogP contribution in [0.3, 0.4) is 0 Å². The Morgan fingerprint density at radius 1 is 1.20 bits per heavy atom. The van der Waals surface area contributed by atoms with E-state index >= 15 is 0 Å². The molecule has 2 aliphatic rings. The number of esters is 1. The fourth-order valence-electron chi connectivity index (χ4n) is 2.22. The van der Waals surface area contributed by atoms with E-state index in [2.05, 4.69) is 10.1 Å². The van der Waals surface area contributed by atoms with Gasteiger partial charge >= 0.3 is 5.97 Å². The third kappa shape index (κ3) is 3.92.